The minimum Gasteiger partial charge on any atom is -0.373 e. The second-order valence-electron chi connectivity index (χ2n) is 8.68. The Bertz CT molecular complexity index is 1910. The second kappa shape index (κ2) is 10.9. The van der Waals surface area contributed by atoms with Crippen molar-refractivity contribution in [3.05, 3.63) is 98.6 Å². The van der Waals surface area contributed by atoms with Crippen LogP contribution >= 0.6 is 34.8 Å². The van der Waals surface area contributed by atoms with Gasteiger partial charge in [-0.15, -0.1) is 5.10 Å². The van der Waals surface area contributed by atoms with E-state index in [1.165, 1.54) is 24.4 Å². The molecule has 2 aromatic heterocycles. The number of rotatable bonds is 7. The van der Waals surface area contributed by atoms with Crippen LogP contribution in [0, 0.1) is 17.1 Å². The molecule has 0 bridgehead atoms. The molecular weight excluding hydrogens is 600 g/mol. The Kier molecular flexibility index (Phi) is 7.53. The number of halogens is 4. The number of nitriles is 1. The quantitative estimate of drug-likeness (QED) is 0.172. The van der Waals surface area contributed by atoms with E-state index in [0.29, 0.717) is 27.8 Å². The van der Waals surface area contributed by atoms with Crippen molar-refractivity contribution in [2.75, 3.05) is 16.9 Å². The third-order valence-corrected chi connectivity index (χ3v) is 8.18. The van der Waals surface area contributed by atoms with Gasteiger partial charge < -0.3 is 10.6 Å². The maximum absolute atomic E-state index is 14.9. The first-order valence-electron chi connectivity index (χ1n) is 11.4. The molecule has 14 heteroatoms. The molecule has 3 aromatic carbocycles. The monoisotopic (exact) mass is 615 g/mol. The van der Waals surface area contributed by atoms with Crippen molar-refractivity contribution in [2.24, 2.45) is 0 Å². The summed E-state index contributed by atoms with van der Waals surface area (Å²) < 4.78 is 39.3. The molecule has 5 rings (SSSR count). The van der Waals surface area contributed by atoms with Gasteiger partial charge in [0.05, 0.1) is 48.5 Å². The van der Waals surface area contributed by atoms with E-state index >= 15 is 0 Å². The van der Waals surface area contributed by atoms with Crippen LogP contribution in [0.5, 0.6) is 0 Å². The highest BCUT2D eigenvalue weighted by atomic mass is 35.5. The fourth-order valence-corrected chi connectivity index (χ4v) is 5.35. The normalized spacial score (nSPS) is 12.2. The van der Waals surface area contributed by atoms with Gasteiger partial charge in [-0.3, -0.25) is 10.1 Å². The summed E-state index contributed by atoms with van der Waals surface area (Å²) in [7, 11) is -3.48. The van der Waals surface area contributed by atoms with Crippen LogP contribution in [-0.4, -0.2) is 35.1 Å². The predicted molar refractivity (Wildman–Crippen MR) is 153 cm³/mol. The average Bonchev–Trinajstić information content (AvgIpc) is 3.46. The van der Waals surface area contributed by atoms with Crippen molar-refractivity contribution in [3.63, 3.8) is 0 Å². The first-order chi connectivity index (χ1) is 19.1. The van der Waals surface area contributed by atoms with Gasteiger partial charge in [0.2, 0.25) is 0 Å². The number of nitrogens with zero attached hydrogens (tertiary/aromatic N) is 4. The molecule has 40 heavy (non-hydrogen) atoms. The molecule has 9 nitrogen and oxygen atoms in total. The van der Waals surface area contributed by atoms with E-state index in [-0.39, 0.29) is 36.9 Å². The number of H-pyrrole nitrogens is 1. The zero-order chi connectivity index (χ0) is 28.6. The number of sulfone groups is 1. The SMILES string of the molecule is CS(=O)(=O)c1cccc([C@H](Nc2cc(Cl)c3ncc(C#N)c(Nc4ccc(Cl)c(Cl)c4F)c3c2)c2c[nH]nn2)c1. The van der Waals surface area contributed by atoms with E-state index in [1.807, 2.05) is 0 Å². The smallest absolute Gasteiger partial charge is 0.175 e. The van der Waals surface area contributed by atoms with E-state index in [9.17, 15) is 18.1 Å². The summed E-state index contributed by atoms with van der Waals surface area (Å²) in [6.45, 7) is 0. The Morgan fingerprint density at radius 3 is 2.60 bits per heavy atom. The molecule has 0 aliphatic carbocycles. The summed E-state index contributed by atoms with van der Waals surface area (Å²) in [5, 5.41) is 27.0. The van der Waals surface area contributed by atoms with Gasteiger partial charge in [-0.25, -0.2) is 12.8 Å². The summed E-state index contributed by atoms with van der Waals surface area (Å²) in [6.07, 6.45) is 4.02. The standard InChI is InChI=1S/C26H17Cl3FN7O2S/c1-40(38,39)16-4-2-3-13(7-16)25(21-12-33-37-36-21)34-15-8-17-24(14(10-31)11-32-26(17)19(28)9-15)35-20-6-5-18(27)22(29)23(20)30/h2-9,11-12,25,34H,1H3,(H,32,35)(H,33,36,37)/t25-/m0/s1. The molecule has 0 aliphatic rings. The summed E-state index contributed by atoms with van der Waals surface area (Å²) in [5.41, 5.74) is 2.25. The van der Waals surface area contributed by atoms with Crippen LogP contribution in [0.2, 0.25) is 15.1 Å². The molecule has 0 unspecified atom stereocenters. The van der Waals surface area contributed by atoms with Crippen LogP contribution < -0.4 is 10.6 Å². The average molecular weight is 617 g/mol. The van der Waals surface area contributed by atoms with Gasteiger partial charge in [0.25, 0.3) is 0 Å². The van der Waals surface area contributed by atoms with Gasteiger partial charge in [-0.1, -0.05) is 52.1 Å². The zero-order valence-corrected chi connectivity index (χ0v) is 23.5. The minimum atomic E-state index is -3.48. The Labute approximate surface area is 242 Å². The van der Waals surface area contributed by atoms with Gasteiger partial charge in [0.1, 0.15) is 11.8 Å². The van der Waals surface area contributed by atoms with Gasteiger partial charge in [0.15, 0.2) is 15.7 Å². The lowest BCUT2D eigenvalue weighted by atomic mass is 10.0. The van der Waals surface area contributed by atoms with Gasteiger partial charge >= 0.3 is 0 Å². The van der Waals surface area contributed by atoms with Crippen molar-refractivity contribution in [3.8, 4) is 6.07 Å². The van der Waals surface area contributed by atoms with Crippen LogP contribution in [0.1, 0.15) is 22.9 Å². The lowest BCUT2D eigenvalue weighted by molar-refractivity contribution is 0.601. The molecule has 0 saturated heterocycles. The summed E-state index contributed by atoms with van der Waals surface area (Å²) in [5.74, 6) is -0.791. The lowest BCUT2D eigenvalue weighted by Crippen LogP contribution is -2.14. The Morgan fingerprint density at radius 1 is 1.10 bits per heavy atom. The molecular formula is C26H17Cl3FN7O2S. The predicted octanol–water partition coefficient (Wildman–Crippen LogP) is 6.67. The van der Waals surface area contributed by atoms with E-state index < -0.39 is 21.7 Å². The van der Waals surface area contributed by atoms with Crippen LogP contribution in [0.4, 0.5) is 21.5 Å². The zero-order valence-electron chi connectivity index (χ0n) is 20.4. The van der Waals surface area contributed by atoms with Gasteiger partial charge in [-0.2, -0.15) is 5.26 Å². The first-order valence-corrected chi connectivity index (χ1v) is 14.4. The first kappa shape index (κ1) is 27.6. The van der Waals surface area contributed by atoms with Crippen LogP contribution in [-0.2, 0) is 9.84 Å². The number of hydrogen-bond donors (Lipinski definition) is 3. The Morgan fingerprint density at radius 2 is 1.90 bits per heavy atom. The van der Waals surface area contributed by atoms with Crippen molar-refractivity contribution >= 4 is 72.6 Å². The molecule has 3 N–H and O–H groups in total. The van der Waals surface area contributed by atoms with Crippen LogP contribution in [0.15, 0.2) is 65.8 Å². The minimum absolute atomic E-state index is 0.00838. The number of nitrogens with one attached hydrogen (secondary N) is 3. The molecule has 0 fully saturated rings. The number of pyridine rings is 1. The summed E-state index contributed by atoms with van der Waals surface area (Å²) >= 11 is 18.5. The van der Waals surface area contributed by atoms with Gasteiger partial charge in [-0.05, 0) is 42.0 Å². The molecule has 2 heterocycles. The number of aromatic amines is 1. The molecule has 0 amide bonds. The maximum atomic E-state index is 14.9. The van der Waals surface area contributed by atoms with Crippen molar-refractivity contribution in [1.82, 2.24) is 20.4 Å². The molecule has 0 radical (unpaired) electrons. The van der Waals surface area contributed by atoms with E-state index in [4.69, 9.17) is 34.8 Å². The molecule has 1 atom stereocenters. The largest absolute Gasteiger partial charge is 0.373 e. The number of fused-ring (bicyclic) bond motifs is 1. The van der Waals surface area contributed by atoms with Gasteiger partial charge in [0, 0.05) is 29.7 Å². The van der Waals surface area contributed by atoms with Crippen molar-refractivity contribution in [2.45, 2.75) is 10.9 Å². The second-order valence-corrected chi connectivity index (χ2v) is 11.9. The van der Waals surface area contributed by atoms with E-state index in [1.54, 1.807) is 36.5 Å². The van der Waals surface area contributed by atoms with Crippen molar-refractivity contribution in [1.29, 1.82) is 5.26 Å². The molecule has 0 spiro atoms. The third kappa shape index (κ3) is 5.39. The highest BCUT2D eigenvalue weighted by Gasteiger charge is 2.21. The number of benzene rings is 3. The Balaban J connectivity index is 1.64. The van der Waals surface area contributed by atoms with Crippen LogP contribution in [0.3, 0.4) is 0 Å². The maximum Gasteiger partial charge on any atom is 0.175 e. The number of aromatic nitrogens is 4. The van der Waals surface area contributed by atoms with Crippen LogP contribution in [0.25, 0.3) is 10.9 Å². The topological polar surface area (TPSA) is 136 Å². The molecule has 0 saturated carbocycles. The highest BCUT2D eigenvalue weighted by molar-refractivity contribution is 7.90. The third-order valence-electron chi connectivity index (χ3n) is 6.00. The Hall–Kier alpha value is -3.95. The van der Waals surface area contributed by atoms with E-state index in [2.05, 4.69) is 37.1 Å². The number of hydrogen-bond acceptors (Lipinski definition) is 8. The molecule has 0 aliphatic heterocycles. The lowest BCUT2D eigenvalue weighted by Gasteiger charge is -2.20. The van der Waals surface area contributed by atoms with E-state index in [0.717, 1.165) is 6.26 Å². The molecule has 202 valence electrons. The summed E-state index contributed by atoms with van der Waals surface area (Å²) in [6, 6.07) is 14.0. The molecule has 5 aromatic rings. The van der Waals surface area contributed by atoms with Crippen molar-refractivity contribution < 1.29 is 12.8 Å². The highest BCUT2D eigenvalue weighted by Crippen LogP contribution is 2.38. The number of anilines is 3. The fraction of sp³-hybridized carbons (Fsp3) is 0.0769. The fourth-order valence-electron chi connectivity index (χ4n) is 4.09. The summed E-state index contributed by atoms with van der Waals surface area (Å²) in [4.78, 5) is 4.45.